The molecule has 0 radical (unpaired) electrons. The van der Waals surface area contributed by atoms with Crippen molar-refractivity contribution >= 4 is 8.58 Å². The van der Waals surface area contributed by atoms with Gasteiger partial charge < -0.3 is 0 Å². The molecule has 1 aromatic carbocycles. The van der Waals surface area contributed by atoms with Gasteiger partial charge in [0.2, 0.25) is 0 Å². The lowest BCUT2D eigenvalue weighted by atomic mass is 10.4. The summed E-state index contributed by atoms with van der Waals surface area (Å²) in [5.41, 5.74) is 1.81. The quantitative estimate of drug-likeness (QED) is 0.623. The highest BCUT2D eigenvalue weighted by molar-refractivity contribution is 7.39. The predicted octanol–water partition coefficient (Wildman–Crippen LogP) is 4.17. The van der Waals surface area contributed by atoms with Crippen LogP contribution in [0.4, 0.5) is 0 Å². The van der Waals surface area contributed by atoms with Crippen LogP contribution in [-0.2, 0) is 0 Å². The van der Waals surface area contributed by atoms with Crippen molar-refractivity contribution in [3.05, 3.63) is 36.4 Å². The Kier molecular flexibility index (Phi) is 8.04. The number of rotatable bonds is 2. The van der Waals surface area contributed by atoms with E-state index in [0.29, 0.717) is 0 Å². The van der Waals surface area contributed by atoms with Crippen molar-refractivity contribution in [2.45, 2.75) is 39.0 Å². The van der Waals surface area contributed by atoms with Gasteiger partial charge >= 0.3 is 0 Å². The van der Waals surface area contributed by atoms with Gasteiger partial charge in [0.15, 0.2) is 0 Å². The van der Waals surface area contributed by atoms with Gasteiger partial charge in [-0.25, -0.2) is 0 Å². The maximum atomic E-state index is 2.28. The Labute approximate surface area is 84.5 Å². The first-order chi connectivity index (χ1) is 6.13. The van der Waals surface area contributed by atoms with Crippen molar-refractivity contribution in [3.8, 4) is 0 Å². The molecule has 0 spiro atoms. The molecule has 0 fully saturated rings. The van der Waals surface area contributed by atoms with Crippen molar-refractivity contribution in [1.82, 2.24) is 0 Å². The number of benzene rings is 1. The van der Waals surface area contributed by atoms with Crippen molar-refractivity contribution in [1.29, 1.82) is 0 Å². The summed E-state index contributed by atoms with van der Waals surface area (Å²) in [7, 11) is 1.15. The molecule has 0 amide bonds. The molecule has 1 aromatic rings. The molecule has 0 atom stereocenters. The van der Waals surface area contributed by atoms with Gasteiger partial charge in [-0.05, 0) is 11.3 Å². The molecule has 13 heavy (non-hydrogen) atoms. The highest BCUT2D eigenvalue weighted by atomic mass is 31.1. The molecule has 0 aliphatic heterocycles. The van der Waals surface area contributed by atoms with Crippen LogP contribution >= 0.6 is 8.58 Å². The lowest BCUT2D eigenvalue weighted by Crippen LogP contribution is -1.90. The first kappa shape index (κ1) is 12.7. The average Bonchev–Trinajstić information content (AvgIpc) is 2.06. The van der Waals surface area contributed by atoms with Crippen LogP contribution in [-0.4, -0.2) is 11.3 Å². The zero-order valence-electron chi connectivity index (χ0n) is 9.12. The van der Waals surface area contributed by atoms with Gasteiger partial charge in [-0.1, -0.05) is 64.1 Å². The third kappa shape index (κ3) is 11.7. The SMILES string of the molecule is CC(C)PC(C)C.c1ccccc1. The highest BCUT2D eigenvalue weighted by Gasteiger charge is 1.95. The van der Waals surface area contributed by atoms with Crippen molar-refractivity contribution in [2.24, 2.45) is 0 Å². The van der Waals surface area contributed by atoms with Crippen molar-refractivity contribution in [3.63, 3.8) is 0 Å². The van der Waals surface area contributed by atoms with Crippen LogP contribution in [0, 0.1) is 0 Å². The standard InChI is InChI=1S/C6H15P.C6H6/c1-5(2)7-6(3)4;1-2-4-6-5-3-1/h5-7H,1-4H3;1-6H. The molecule has 0 nitrogen and oxygen atoms in total. The summed E-state index contributed by atoms with van der Waals surface area (Å²) in [5.74, 6) is 0. The monoisotopic (exact) mass is 196 g/mol. The van der Waals surface area contributed by atoms with Crippen molar-refractivity contribution in [2.75, 3.05) is 0 Å². The maximum absolute atomic E-state index is 2.28. The van der Waals surface area contributed by atoms with Crippen LogP contribution in [0.25, 0.3) is 0 Å². The fraction of sp³-hybridized carbons (Fsp3) is 0.500. The zero-order valence-corrected chi connectivity index (χ0v) is 10.1. The molecule has 1 rings (SSSR count). The lowest BCUT2D eigenvalue weighted by Gasteiger charge is -2.06. The van der Waals surface area contributed by atoms with E-state index in [4.69, 9.17) is 0 Å². The van der Waals surface area contributed by atoms with E-state index in [2.05, 4.69) is 27.7 Å². The fourth-order valence-electron chi connectivity index (χ4n) is 1.05. The third-order valence-corrected chi connectivity index (χ3v) is 2.67. The van der Waals surface area contributed by atoms with Crippen LogP contribution in [0.15, 0.2) is 36.4 Å². The second kappa shape index (κ2) is 8.26. The predicted molar refractivity (Wildman–Crippen MR) is 65.0 cm³/mol. The van der Waals surface area contributed by atoms with E-state index in [1.54, 1.807) is 0 Å². The molecule has 0 heterocycles. The Morgan fingerprint density at radius 2 is 0.846 bits per heavy atom. The molecular formula is C12H21P. The van der Waals surface area contributed by atoms with Crippen LogP contribution in [0.3, 0.4) is 0 Å². The average molecular weight is 196 g/mol. The lowest BCUT2D eigenvalue weighted by molar-refractivity contribution is 1.03. The van der Waals surface area contributed by atoms with E-state index in [1.165, 1.54) is 0 Å². The second-order valence-corrected chi connectivity index (χ2v) is 6.27. The van der Waals surface area contributed by atoms with E-state index >= 15 is 0 Å². The van der Waals surface area contributed by atoms with Gasteiger partial charge in [-0.2, -0.15) is 0 Å². The third-order valence-electron chi connectivity index (χ3n) is 1.33. The zero-order chi connectivity index (χ0) is 10.1. The van der Waals surface area contributed by atoms with E-state index in [-0.39, 0.29) is 0 Å². The van der Waals surface area contributed by atoms with Crippen LogP contribution in [0.1, 0.15) is 27.7 Å². The summed E-state index contributed by atoms with van der Waals surface area (Å²) < 4.78 is 0. The molecule has 0 N–H and O–H groups in total. The van der Waals surface area contributed by atoms with Gasteiger partial charge in [-0.15, -0.1) is 8.58 Å². The second-order valence-electron chi connectivity index (χ2n) is 3.63. The molecule has 0 aliphatic rings. The molecule has 1 heteroatoms. The topological polar surface area (TPSA) is 0 Å². The smallest absolute Gasteiger partial charge is 0.0291 e. The van der Waals surface area contributed by atoms with E-state index in [1.807, 2.05) is 36.4 Å². The van der Waals surface area contributed by atoms with Gasteiger partial charge in [0.05, 0.1) is 0 Å². The number of hydrogen-bond donors (Lipinski definition) is 0. The van der Waals surface area contributed by atoms with Crippen LogP contribution in [0.5, 0.6) is 0 Å². The fourth-order valence-corrected chi connectivity index (χ4v) is 2.38. The minimum Gasteiger partial charge on any atom is -0.117 e. The first-order valence-corrected chi connectivity index (χ1v) is 6.04. The minimum absolute atomic E-state index is 0.903. The Balaban J connectivity index is 0.000000223. The van der Waals surface area contributed by atoms with Crippen LogP contribution in [0.2, 0.25) is 0 Å². The van der Waals surface area contributed by atoms with Crippen molar-refractivity contribution < 1.29 is 0 Å². The molecule has 0 aromatic heterocycles. The first-order valence-electron chi connectivity index (χ1n) is 4.89. The summed E-state index contributed by atoms with van der Waals surface area (Å²) >= 11 is 0. The molecule has 0 saturated carbocycles. The highest BCUT2D eigenvalue weighted by Crippen LogP contribution is 2.23. The minimum atomic E-state index is 0.903. The van der Waals surface area contributed by atoms with Gasteiger partial charge in [0.1, 0.15) is 0 Å². The van der Waals surface area contributed by atoms with E-state index in [0.717, 1.165) is 19.9 Å². The normalized spacial score (nSPS) is 9.69. The van der Waals surface area contributed by atoms with E-state index < -0.39 is 0 Å². The Morgan fingerprint density at radius 3 is 0.923 bits per heavy atom. The Morgan fingerprint density at radius 1 is 0.615 bits per heavy atom. The molecule has 0 saturated heterocycles. The summed E-state index contributed by atoms with van der Waals surface area (Å²) in [6, 6.07) is 12.0. The van der Waals surface area contributed by atoms with Crippen LogP contribution < -0.4 is 0 Å². The molecule has 0 aliphatic carbocycles. The van der Waals surface area contributed by atoms with Gasteiger partial charge in [-0.3, -0.25) is 0 Å². The summed E-state index contributed by atoms with van der Waals surface area (Å²) in [6.45, 7) is 9.10. The maximum Gasteiger partial charge on any atom is -0.0291 e. The van der Waals surface area contributed by atoms with Gasteiger partial charge in [0.25, 0.3) is 0 Å². The Hall–Kier alpha value is -0.350. The molecule has 0 unspecified atom stereocenters. The molecular weight excluding hydrogens is 175 g/mol. The summed E-state index contributed by atoms with van der Waals surface area (Å²) in [5, 5.41) is 0. The Bertz CT molecular complexity index is 147. The largest absolute Gasteiger partial charge is 0.117 e. The van der Waals surface area contributed by atoms with E-state index in [9.17, 15) is 0 Å². The van der Waals surface area contributed by atoms with Gasteiger partial charge in [0, 0.05) is 0 Å². The molecule has 0 bridgehead atoms. The number of hydrogen-bond acceptors (Lipinski definition) is 0. The molecule has 74 valence electrons. The summed E-state index contributed by atoms with van der Waals surface area (Å²) in [4.78, 5) is 0. The summed E-state index contributed by atoms with van der Waals surface area (Å²) in [6.07, 6.45) is 0.